The minimum absolute atomic E-state index is 0.587. The van der Waals surface area contributed by atoms with Gasteiger partial charge in [0.15, 0.2) is 5.17 Å². The third-order valence-corrected chi connectivity index (χ3v) is 3.86. The van der Waals surface area contributed by atoms with Crippen LogP contribution in [-0.2, 0) is 0 Å². The number of ether oxygens (including phenoxy) is 1. The Labute approximate surface area is 111 Å². The van der Waals surface area contributed by atoms with Crippen LogP contribution in [0, 0.1) is 17.2 Å². The van der Waals surface area contributed by atoms with E-state index in [1.807, 2.05) is 6.07 Å². The van der Waals surface area contributed by atoms with Gasteiger partial charge in [0.2, 0.25) is 0 Å². The molecule has 1 atom stereocenters. The molecule has 0 spiro atoms. The minimum Gasteiger partial charge on any atom is -0.495 e. The molecule has 18 heavy (non-hydrogen) atoms. The number of aliphatic imine (C=N–C) groups is 1. The number of amidine groups is 1. The van der Waals surface area contributed by atoms with Crippen LogP contribution in [0.25, 0.3) is 0 Å². The highest BCUT2D eigenvalue weighted by Gasteiger charge is 2.13. The van der Waals surface area contributed by atoms with E-state index >= 15 is 0 Å². The van der Waals surface area contributed by atoms with E-state index in [0.717, 1.165) is 23.2 Å². The Kier molecular flexibility index (Phi) is 4.11. The lowest BCUT2D eigenvalue weighted by molar-refractivity contribution is 0.417. The standard InChI is InChI=1S/C13H15N3OS/c1-9-7-15-13(18-8-9)16-11-4-3-10(6-14)5-12(11)17-2/h3-5,9H,7-8H2,1-2H3,(H,15,16). The molecule has 5 heteroatoms. The Morgan fingerprint density at radius 2 is 2.39 bits per heavy atom. The lowest BCUT2D eigenvalue weighted by Gasteiger charge is -2.19. The van der Waals surface area contributed by atoms with Gasteiger partial charge in [0.1, 0.15) is 5.75 Å². The lowest BCUT2D eigenvalue weighted by Crippen LogP contribution is -2.19. The maximum atomic E-state index is 8.85. The van der Waals surface area contributed by atoms with Crippen molar-refractivity contribution in [2.45, 2.75) is 6.92 Å². The topological polar surface area (TPSA) is 57.4 Å². The highest BCUT2D eigenvalue weighted by Crippen LogP contribution is 2.27. The van der Waals surface area contributed by atoms with Gasteiger partial charge in [0, 0.05) is 18.4 Å². The summed E-state index contributed by atoms with van der Waals surface area (Å²) in [6.07, 6.45) is 0. The second-order valence-electron chi connectivity index (χ2n) is 4.21. The smallest absolute Gasteiger partial charge is 0.161 e. The molecule has 94 valence electrons. The Balaban J connectivity index is 2.17. The van der Waals surface area contributed by atoms with Crippen LogP contribution >= 0.6 is 11.8 Å². The second kappa shape index (κ2) is 5.78. The second-order valence-corrected chi connectivity index (χ2v) is 5.22. The van der Waals surface area contributed by atoms with Gasteiger partial charge in [-0.1, -0.05) is 18.7 Å². The van der Waals surface area contributed by atoms with E-state index in [-0.39, 0.29) is 0 Å². The van der Waals surface area contributed by atoms with Gasteiger partial charge in [-0.2, -0.15) is 5.26 Å². The van der Waals surface area contributed by atoms with Crippen LogP contribution in [0.5, 0.6) is 5.75 Å². The van der Waals surface area contributed by atoms with Crippen LogP contribution in [0.15, 0.2) is 23.2 Å². The van der Waals surface area contributed by atoms with Crippen LogP contribution in [0.4, 0.5) is 5.69 Å². The molecule has 0 aliphatic carbocycles. The molecule has 1 aromatic carbocycles. The van der Waals surface area contributed by atoms with Gasteiger partial charge < -0.3 is 10.1 Å². The molecule has 0 fully saturated rings. The summed E-state index contributed by atoms with van der Waals surface area (Å²) in [6, 6.07) is 7.43. The zero-order valence-electron chi connectivity index (χ0n) is 10.4. The van der Waals surface area contributed by atoms with E-state index in [1.165, 1.54) is 0 Å². The quantitative estimate of drug-likeness (QED) is 0.889. The van der Waals surface area contributed by atoms with Crippen molar-refractivity contribution in [1.29, 1.82) is 5.26 Å². The van der Waals surface area contributed by atoms with Crippen LogP contribution in [-0.4, -0.2) is 24.6 Å². The number of methoxy groups -OCH3 is 1. The zero-order valence-corrected chi connectivity index (χ0v) is 11.3. The first kappa shape index (κ1) is 12.8. The van der Waals surface area contributed by atoms with Crippen molar-refractivity contribution in [1.82, 2.24) is 0 Å². The molecule has 1 aliphatic heterocycles. The largest absolute Gasteiger partial charge is 0.495 e. The molecule has 4 nitrogen and oxygen atoms in total. The normalized spacial score (nSPS) is 18.7. The Morgan fingerprint density at radius 3 is 3.00 bits per heavy atom. The van der Waals surface area contributed by atoms with Gasteiger partial charge >= 0.3 is 0 Å². The van der Waals surface area contributed by atoms with Crippen LogP contribution in [0.1, 0.15) is 12.5 Å². The molecule has 1 aliphatic rings. The number of hydrogen-bond acceptors (Lipinski definition) is 5. The molecule has 0 bridgehead atoms. The van der Waals surface area contributed by atoms with Crippen molar-refractivity contribution >= 4 is 22.6 Å². The number of anilines is 1. The summed E-state index contributed by atoms with van der Waals surface area (Å²) < 4.78 is 5.27. The summed E-state index contributed by atoms with van der Waals surface area (Å²) >= 11 is 1.71. The molecule has 1 N–H and O–H groups in total. The molecule has 0 radical (unpaired) electrons. The summed E-state index contributed by atoms with van der Waals surface area (Å²) in [5.74, 6) is 2.36. The van der Waals surface area contributed by atoms with Crippen LogP contribution in [0.3, 0.4) is 0 Å². The maximum Gasteiger partial charge on any atom is 0.161 e. The minimum atomic E-state index is 0.587. The Bertz CT molecular complexity index is 507. The van der Waals surface area contributed by atoms with Gasteiger partial charge in [-0.25, -0.2) is 0 Å². The average Bonchev–Trinajstić information content (AvgIpc) is 2.41. The Morgan fingerprint density at radius 1 is 1.56 bits per heavy atom. The molecule has 1 aromatic rings. The van der Waals surface area contributed by atoms with E-state index in [9.17, 15) is 0 Å². The fourth-order valence-corrected chi connectivity index (χ4v) is 2.51. The third-order valence-electron chi connectivity index (χ3n) is 2.62. The first-order valence-electron chi connectivity index (χ1n) is 5.75. The predicted molar refractivity (Wildman–Crippen MR) is 75.3 cm³/mol. The van der Waals surface area contributed by atoms with Gasteiger partial charge in [-0.3, -0.25) is 4.99 Å². The number of rotatable bonds is 2. The first-order chi connectivity index (χ1) is 8.72. The molecule has 1 unspecified atom stereocenters. The highest BCUT2D eigenvalue weighted by atomic mass is 32.2. The molecule has 1 heterocycles. The van der Waals surface area contributed by atoms with Gasteiger partial charge in [-0.05, 0) is 18.1 Å². The van der Waals surface area contributed by atoms with E-state index in [1.54, 1.807) is 31.0 Å². The van der Waals surface area contributed by atoms with Crippen LogP contribution < -0.4 is 10.1 Å². The Hall–Kier alpha value is -1.67. The summed E-state index contributed by atoms with van der Waals surface area (Å²) in [5, 5.41) is 13.0. The van der Waals surface area contributed by atoms with Crippen molar-refractivity contribution in [3.05, 3.63) is 23.8 Å². The summed E-state index contributed by atoms with van der Waals surface area (Å²) in [6.45, 7) is 3.05. The number of thioether (sulfide) groups is 1. The molecular weight excluding hydrogens is 246 g/mol. The SMILES string of the molecule is COc1cc(C#N)ccc1NC1=NCC(C)CS1. The van der Waals surface area contributed by atoms with Crippen molar-refractivity contribution in [3.8, 4) is 11.8 Å². The van der Waals surface area contributed by atoms with Gasteiger partial charge in [0.25, 0.3) is 0 Å². The monoisotopic (exact) mass is 261 g/mol. The number of nitrogens with one attached hydrogen (secondary N) is 1. The highest BCUT2D eigenvalue weighted by molar-refractivity contribution is 8.14. The molecule has 0 saturated heterocycles. The summed E-state index contributed by atoms with van der Waals surface area (Å²) in [5.41, 5.74) is 1.43. The first-order valence-corrected chi connectivity index (χ1v) is 6.74. The average molecular weight is 261 g/mol. The molecule has 0 saturated carbocycles. The van der Waals surface area contributed by atoms with Crippen LogP contribution in [0.2, 0.25) is 0 Å². The third kappa shape index (κ3) is 2.96. The number of hydrogen-bond donors (Lipinski definition) is 1. The van der Waals surface area contributed by atoms with Gasteiger partial charge in [0.05, 0.1) is 24.4 Å². The summed E-state index contributed by atoms with van der Waals surface area (Å²) in [4.78, 5) is 4.47. The molecular formula is C13H15N3OS. The number of benzene rings is 1. The van der Waals surface area contributed by atoms with Crippen molar-refractivity contribution in [3.63, 3.8) is 0 Å². The zero-order chi connectivity index (χ0) is 13.0. The maximum absolute atomic E-state index is 8.85. The fraction of sp³-hybridized carbons (Fsp3) is 0.385. The van der Waals surface area contributed by atoms with E-state index in [4.69, 9.17) is 10.00 Å². The van der Waals surface area contributed by atoms with E-state index in [2.05, 4.69) is 23.3 Å². The molecule has 0 aromatic heterocycles. The molecule has 0 amide bonds. The van der Waals surface area contributed by atoms with Crippen molar-refractivity contribution in [2.75, 3.05) is 24.7 Å². The number of nitriles is 1. The van der Waals surface area contributed by atoms with E-state index in [0.29, 0.717) is 17.2 Å². The number of nitrogens with zero attached hydrogens (tertiary/aromatic N) is 2. The summed E-state index contributed by atoms with van der Waals surface area (Å²) in [7, 11) is 1.60. The van der Waals surface area contributed by atoms with Crippen molar-refractivity contribution in [2.24, 2.45) is 10.9 Å². The van der Waals surface area contributed by atoms with Crippen molar-refractivity contribution < 1.29 is 4.74 Å². The molecule has 2 rings (SSSR count). The predicted octanol–water partition coefficient (Wildman–Crippen LogP) is 2.72. The lowest BCUT2D eigenvalue weighted by atomic mass is 10.2. The van der Waals surface area contributed by atoms with Gasteiger partial charge in [-0.15, -0.1) is 0 Å². The fourth-order valence-electron chi connectivity index (χ4n) is 1.61. The van der Waals surface area contributed by atoms with E-state index < -0.39 is 0 Å².